The van der Waals surface area contributed by atoms with E-state index in [9.17, 15) is 0 Å². The first-order valence-corrected chi connectivity index (χ1v) is 6.96. The molecule has 18 heavy (non-hydrogen) atoms. The Labute approximate surface area is 109 Å². The second-order valence-corrected chi connectivity index (χ2v) is 5.62. The number of benzene rings is 1. The average molecular weight is 246 g/mol. The number of hydrogen-bond donors (Lipinski definition) is 1. The highest BCUT2D eigenvalue weighted by Gasteiger charge is 2.26. The number of anilines is 1. The third-order valence-corrected chi connectivity index (χ3v) is 4.17. The first-order chi connectivity index (χ1) is 8.72. The number of nitrogens with zero attached hydrogens (tertiary/aromatic N) is 1. The topological polar surface area (TPSA) is 38.5 Å². The van der Waals surface area contributed by atoms with Gasteiger partial charge in [0.2, 0.25) is 0 Å². The van der Waals surface area contributed by atoms with Crippen LogP contribution in [0.3, 0.4) is 0 Å². The number of ether oxygens (including phenoxy) is 1. The lowest BCUT2D eigenvalue weighted by molar-refractivity contribution is 0.0287. The molecule has 0 aromatic heterocycles. The predicted octanol–water partition coefficient (Wildman–Crippen LogP) is 2.19. The average Bonchev–Trinajstić information content (AvgIpc) is 2.76. The first kappa shape index (κ1) is 12.0. The molecule has 3 heteroatoms. The third kappa shape index (κ3) is 2.38. The zero-order valence-corrected chi connectivity index (χ0v) is 11.1. The Bertz CT molecular complexity index is 433. The minimum Gasteiger partial charge on any atom is -0.398 e. The highest BCUT2D eigenvalue weighted by Crippen LogP contribution is 2.26. The van der Waals surface area contributed by atoms with Crippen molar-refractivity contribution in [1.82, 2.24) is 4.90 Å². The molecule has 3 nitrogen and oxygen atoms in total. The molecule has 0 bridgehead atoms. The van der Waals surface area contributed by atoms with Crippen LogP contribution in [0.2, 0.25) is 0 Å². The van der Waals surface area contributed by atoms with Gasteiger partial charge in [-0.15, -0.1) is 0 Å². The summed E-state index contributed by atoms with van der Waals surface area (Å²) in [6, 6.07) is 6.28. The summed E-state index contributed by atoms with van der Waals surface area (Å²) in [4.78, 5) is 2.49. The van der Waals surface area contributed by atoms with Crippen molar-refractivity contribution in [2.24, 2.45) is 0 Å². The van der Waals surface area contributed by atoms with Crippen molar-refractivity contribution in [3.05, 3.63) is 29.3 Å². The summed E-state index contributed by atoms with van der Waals surface area (Å²) < 4.78 is 5.91. The molecule has 2 heterocycles. The molecule has 3 rings (SSSR count). The van der Waals surface area contributed by atoms with Crippen molar-refractivity contribution in [1.29, 1.82) is 0 Å². The normalized spacial score (nSPS) is 28.3. The lowest BCUT2D eigenvalue weighted by Gasteiger charge is -2.31. The van der Waals surface area contributed by atoms with E-state index < -0.39 is 0 Å². The quantitative estimate of drug-likeness (QED) is 0.813. The van der Waals surface area contributed by atoms with Crippen LogP contribution in [0.4, 0.5) is 5.69 Å². The lowest BCUT2D eigenvalue weighted by Crippen LogP contribution is -2.37. The monoisotopic (exact) mass is 246 g/mol. The second kappa shape index (κ2) is 4.90. The fraction of sp³-hybridized carbons (Fsp3) is 0.600. The van der Waals surface area contributed by atoms with Gasteiger partial charge >= 0.3 is 0 Å². The van der Waals surface area contributed by atoms with E-state index in [-0.39, 0.29) is 0 Å². The third-order valence-electron chi connectivity index (χ3n) is 4.17. The molecule has 2 aliphatic heterocycles. The molecule has 0 aliphatic carbocycles. The molecular weight excluding hydrogens is 224 g/mol. The van der Waals surface area contributed by atoms with Crippen LogP contribution in [-0.2, 0) is 17.7 Å². The van der Waals surface area contributed by atoms with Crippen LogP contribution in [-0.4, -0.2) is 30.2 Å². The molecule has 0 radical (unpaired) electrons. The van der Waals surface area contributed by atoms with Crippen molar-refractivity contribution in [2.75, 3.05) is 18.8 Å². The predicted molar refractivity (Wildman–Crippen MR) is 73.4 cm³/mol. The molecule has 1 aromatic rings. The number of rotatable bonds is 2. The maximum absolute atomic E-state index is 6.08. The molecule has 0 spiro atoms. The highest BCUT2D eigenvalue weighted by atomic mass is 16.5. The van der Waals surface area contributed by atoms with E-state index >= 15 is 0 Å². The van der Waals surface area contributed by atoms with E-state index in [4.69, 9.17) is 10.5 Å². The SMILES string of the molecule is CC1CCC(CN2CCc3cccc(N)c3C2)O1. The van der Waals surface area contributed by atoms with Crippen molar-refractivity contribution in [2.45, 2.75) is 44.9 Å². The smallest absolute Gasteiger partial charge is 0.0706 e. The van der Waals surface area contributed by atoms with Crippen LogP contribution in [0.15, 0.2) is 18.2 Å². The standard InChI is InChI=1S/C15H22N2O/c1-11-5-6-13(18-11)9-17-8-7-12-3-2-4-15(16)14(12)10-17/h2-4,11,13H,5-10,16H2,1H3. The van der Waals surface area contributed by atoms with Gasteiger partial charge in [0.15, 0.2) is 0 Å². The molecule has 1 fully saturated rings. The molecule has 2 aliphatic rings. The van der Waals surface area contributed by atoms with Gasteiger partial charge in [-0.25, -0.2) is 0 Å². The Morgan fingerprint density at radius 3 is 3.06 bits per heavy atom. The van der Waals surface area contributed by atoms with E-state index in [1.807, 2.05) is 6.07 Å². The van der Waals surface area contributed by atoms with Gasteiger partial charge in [0.25, 0.3) is 0 Å². The Morgan fingerprint density at radius 1 is 1.39 bits per heavy atom. The molecule has 1 saturated heterocycles. The first-order valence-electron chi connectivity index (χ1n) is 6.96. The Morgan fingerprint density at radius 2 is 2.28 bits per heavy atom. The summed E-state index contributed by atoms with van der Waals surface area (Å²) in [6.45, 7) is 5.34. The summed E-state index contributed by atoms with van der Waals surface area (Å²) in [6.07, 6.45) is 4.39. The maximum atomic E-state index is 6.08. The van der Waals surface area contributed by atoms with Crippen molar-refractivity contribution < 1.29 is 4.74 Å². The van der Waals surface area contributed by atoms with Gasteiger partial charge in [0.1, 0.15) is 0 Å². The molecule has 0 saturated carbocycles. The van der Waals surface area contributed by atoms with Crippen LogP contribution in [0, 0.1) is 0 Å². The molecule has 98 valence electrons. The Balaban J connectivity index is 1.66. The van der Waals surface area contributed by atoms with E-state index in [1.54, 1.807) is 0 Å². The minimum absolute atomic E-state index is 0.423. The lowest BCUT2D eigenvalue weighted by atomic mass is 9.98. The fourth-order valence-electron chi connectivity index (χ4n) is 3.13. The molecule has 0 amide bonds. The van der Waals surface area contributed by atoms with Gasteiger partial charge in [-0.05, 0) is 43.4 Å². The summed E-state index contributed by atoms with van der Waals surface area (Å²) in [5, 5.41) is 0. The molecular formula is C15H22N2O. The van der Waals surface area contributed by atoms with E-state index in [0.717, 1.165) is 31.7 Å². The minimum atomic E-state index is 0.423. The summed E-state index contributed by atoms with van der Waals surface area (Å²) >= 11 is 0. The zero-order chi connectivity index (χ0) is 12.5. The summed E-state index contributed by atoms with van der Waals surface area (Å²) in [7, 11) is 0. The molecule has 2 N–H and O–H groups in total. The number of nitrogens with two attached hydrogens (primary N) is 1. The zero-order valence-electron chi connectivity index (χ0n) is 11.1. The van der Waals surface area contributed by atoms with E-state index in [2.05, 4.69) is 24.0 Å². The van der Waals surface area contributed by atoms with Gasteiger partial charge < -0.3 is 10.5 Å². The van der Waals surface area contributed by atoms with Crippen LogP contribution in [0.25, 0.3) is 0 Å². The number of fused-ring (bicyclic) bond motifs is 1. The second-order valence-electron chi connectivity index (χ2n) is 5.62. The molecule has 1 aromatic carbocycles. The van der Waals surface area contributed by atoms with Crippen LogP contribution in [0.1, 0.15) is 30.9 Å². The fourth-order valence-corrected chi connectivity index (χ4v) is 3.13. The largest absolute Gasteiger partial charge is 0.398 e. The van der Waals surface area contributed by atoms with Gasteiger partial charge in [0, 0.05) is 25.3 Å². The molecule has 2 atom stereocenters. The Kier molecular flexibility index (Phi) is 3.27. The number of nitrogen functional groups attached to an aromatic ring is 1. The van der Waals surface area contributed by atoms with Crippen LogP contribution < -0.4 is 5.73 Å². The van der Waals surface area contributed by atoms with Crippen molar-refractivity contribution >= 4 is 5.69 Å². The van der Waals surface area contributed by atoms with Gasteiger partial charge in [-0.1, -0.05) is 12.1 Å². The van der Waals surface area contributed by atoms with Crippen molar-refractivity contribution in [3.8, 4) is 0 Å². The summed E-state index contributed by atoms with van der Waals surface area (Å²) in [5.74, 6) is 0. The van der Waals surface area contributed by atoms with Crippen molar-refractivity contribution in [3.63, 3.8) is 0 Å². The molecule has 2 unspecified atom stereocenters. The van der Waals surface area contributed by atoms with Gasteiger partial charge in [-0.3, -0.25) is 4.90 Å². The number of hydrogen-bond acceptors (Lipinski definition) is 3. The van der Waals surface area contributed by atoms with Crippen LogP contribution in [0.5, 0.6) is 0 Å². The van der Waals surface area contributed by atoms with Gasteiger partial charge in [-0.2, -0.15) is 0 Å². The maximum Gasteiger partial charge on any atom is 0.0706 e. The highest BCUT2D eigenvalue weighted by molar-refractivity contribution is 5.51. The van der Waals surface area contributed by atoms with E-state index in [1.165, 1.54) is 24.0 Å². The van der Waals surface area contributed by atoms with Crippen LogP contribution >= 0.6 is 0 Å². The van der Waals surface area contributed by atoms with Gasteiger partial charge in [0.05, 0.1) is 12.2 Å². The van der Waals surface area contributed by atoms with E-state index in [0.29, 0.717) is 12.2 Å². The Hall–Kier alpha value is -1.06. The summed E-state index contributed by atoms with van der Waals surface area (Å²) in [5.41, 5.74) is 9.77.